The Balaban J connectivity index is 3.24. The molecular formula is C15H27NO3. The lowest BCUT2D eigenvalue weighted by Crippen LogP contribution is -2.27. The highest BCUT2D eigenvalue weighted by Gasteiger charge is 2.02. The summed E-state index contributed by atoms with van der Waals surface area (Å²) in [5.41, 5.74) is 0. The maximum Gasteiger partial charge on any atom is 0.220 e. The van der Waals surface area contributed by atoms with Crippen molar-refractivity contribution in [3.05, 3.63) is 0 Å². The Kier molecular flexibility index (Phi) is 11.1. The van der Waals surface area contributed by atoms with Gasteiger partial charge in [0.2, 0.25) is 5.91 Å². The number of hydrogen-bond acceptors (Lipinski definition) is 3. The molecule has 0 atom stereocenters. The van der Waals surface area contributed by atoms with Crippen molar-refractivity contribution in [2.75, 3.05) is 6.54 Å². The zero-order chi connectivity index (χ0) is 14.5. The van der Waals surface area contributed by atoms with Crippen LogP contribution in [0.15, 0.2) is 0 Å². The summed E-state index contributed by atoms with van der Waals surface area (Å²) in [7, 11) is 0. The second-order valence-corrected chi connectivity index (χ2v) is 4.99. The molecule has 0 aliphatic carbocycles. The Morgan fingerprint density at radius 3 is 1.89 bits per heavy atom. The third-order valence-electron chi connectivity index (χ3n) is 3.04. The molecule has 0 unspecified atom stereocenters. The van der Waals surface area contributed by atoms with Crippen LogP contribution < -0.4 is 5.32 Å². The van der Waals surface area contributed by atoms with Gasteiger partial charge in [0.25, 0.3) is 0 Å². The minimum Gasteiger partial charge on any atom is -0.349 e. The molecule has 0 saturated carbocycles. The summed E-state index contributed by atoms with van der Waals surface area (Å²) in [6, 6.07) is 0. The van der Waals surface area contributed by atoms with Crippen molar-refractivity contribution in [3.63, 3.8) is 0 Å². The van der Waals surface area contributed by atoms with E-state index in [9.17, 15) is 14.4 Å². The minimum atomic E-state index is -0.0382. The molecule has 0 saturated heterocycles. The van der Waals surface area contributed by atoms with Crippen molar-refractivity contribution in [1.82, 2.24) is 5.32 Å². The molecule has 0 aromatic carbocycles. The van der Waals surface area contributed by atoms with Crippen LogP contribution in [0.1, 0.15) is 71.6 Å². The number of hydrogen-bond donors (Lipinski definition) is 1. The number of Topliss-reactive ketones (excluding diaryl/α,β-unsaturated/α-hetero) is 2. The van der Waals surface area contributed by atoms with Crippen LogP contribution in [0.5, 0.6) is 0 Å². The molecule has 1 amide bonds. The normalized spacial score (nSPS) is 10.2. The molecule has 0 aromatic rings. The first-order valence-corrected chi connectivity index (χ1v) is 7.34. The third kappa shape index (κ3) is 13.0. The van der Waals surface area contributed by atoms with Gasteiger partial charge in [-0.2, -0.15) is 0 Å². The molecule has 0 radical (unpaired) electrons. The molecule has 110 valence electrons. The van der Waals surface area contributed by atoms with Gasteiger partial charge in [0.1, 0.15) is 11.6 Å². The SMILES string of the molecule is CCC(=O)CCCCCCCCC(=O)NCC(C)=O. The maximum atomic E-state index is 11.3. The highest BCUT2D eigenvalue weighted by molar-refractivity contribution is 5.84. The van der Waals surface area contributed by atoms with Gasteiger partial charge in [0.05, 0.1) is 6.54 Å². The van der Waals surface area contributed by atoms with Crippen LogP contribution >= 0.6 is 0 Å². The van der Waals surface area contributed by atoms with Crippen LogP contribution in [0.25, 0.3) is 0 Å². The van der Waals surface area contributed by atoms with E-state index in [4.69, 9.17) is 0 Å². The van der Waals surface area contributed by atoms with Gasteiger partial charge in [-0.25, -0.2) is 0 Å². The monoisotopic (exact) mass is 269 g/mol. The van der Waals surface area contributed by atoms with Gasteiger partial charge in [0.15, 0.2) is 0 Å². The fraction of sp³-hybridized carbons (Fsp3) is 0.800. The average Bonchev–Trinajstić information content (AvgIpc) is 2.38. The van der Waals surface area contributed by atoms with Crippen molar-refractivity contribution in [2.24, 2.45) is 0 Å². The second-order valence-electron chi connectivity index (χ2n) is 4.99. The number of amides is 1. The number of rotatable bonds is 12. The lowest BCUT2D eigenvalue weighted by molar-refractivity contribution is -0.124. The van der Waals surface area contributed by atoms with Crippen molar-refractivity contribution in [3.8, 4) is 0 Å². The molecule has 19 heavy (non-hydrogen) atoms. The van der Waals surface area contributed by atoms with E-state index in [1.807, 2.05) is 6.92 Å². The Hall–Kier alpha value is -1.19. The topological polar surface area (TPSA) is 63.2 Å². The fourth-order valence-corrected chi connectivity index (χ4v) is 1.80. The Morgan fingerprint density at radius 1 is 0.842 bits per heavy atom. The number of carbonyl (C=O) groups is 3. The highest BCUT2D eigenvalue weighted by atomic mass is 16.2. The quantitative estimate of drug-likeness (QED) is 0.554. The highest BCUT2D eigenvalue weighted by Crippen LogP contribution is 2.09. The molecule has 0 aromatic heterocycles. The van der Waals surface area contributed by atoms with Crippen LogP contribution in [0.3, 0.4) is 0 Å². The van der Waals surface area contributed by atoms with Crippen molar-refractivity contribution >= 4 is 17.5 Å². The molecule has 0 rings (SSSR count). The van der Waals surface area contributed by atoms with Gasteiger partial charge in [-0.1, -0.05) is 32.6 Å². The summed E-state index contributed by atoms with van der Waals surface area (Å²) < 4.78 is 0. The molecular weight excluding hydrogens is 242 g/mol. The van der Waals surface area contributed by atoms with E-state index >= 15 is 0 Å². The molecule has 0 aliphatic rings. The van der Waals surface area contributed by atoms with Crippen LogP contribution in [0.2, 0.25) is 0 Å². The van der Waals surface area contributed by atoms with E-state index in [-0.39, 0.29) is 18.2 Å². The van der Waals surface area contributed by atoms with Crippen molar-refractivity contribution in [2.45, 2.75) is 71.6 Å². The predicted molar refractivity (Wildman–Crippen MR) is 75.9 cm³/mol. The largest absolute Gasteiger partial charge is 0.349 e. The van der Waals surface area contributed by atoms with E-state index in [2.05, 4.69) is 5.32 Å². The Bertz CT molecular complexity index is 287. The third-order valence-corrected chi connectivity index (χ3v) is 3.04. The van der Waals surface area contributed by atoms with Crippen LogP contribution in [-0.4, -0.2) is 24.0 Å². The second kappa shape index (κ2) is 11.9. The summed E-state index contributed by atoms with van der Waals surface area (Å²) in [4.78, 5) is 33.0. The molecule has 0 bridgehead atoms. The lowest BCUT2D eigenvalue weighted by Gasteiger charge is -2.03. The van der Waals surface area contributed by atoms with Gasteiger partial charge in [-0.15, -0.1) is 0 Å². The summed E-state index contributed by atoms with van der Waals surface area (Å²) >= 11 is 0. The number of unbranched alkanes of at least 4 members (excludes halogenated alkanes) is 5. The molecule has 0 fully saturated rings. The number of carbonyl (C=O) groups excluding carboxylic acids is 3. The zero-order valence-corrected chi connectivity index (χ0v) is 12.3. The van der Waals surface area contributed by atoms with E-state index in [0.717, 1.165) is 38.5 Å². The first-order chi connectivity index (χ1) is 9.06. The summed E-state index contributed by atoms with van der Waals surface area (Å²) in [5.74, 6) is 0.292. The Morgan fingerprint density at radius 2 is 1.37 bits per heavy atom. The van der Waals surface area contributed by atoms with Gasteiger partial charge >= 0.3 is 0 Å². The minimum absolute atomic E-state index is 0.0185. The average molecular weight is 269 g/mol. The van der Waals surface area contributed by atoms with Crippen LogP contribution in [0, 0.1) is 0 Å². The van der Waals surface area contributed by atoms with Gasteiger partial charge in [0, 0.05) is 19.3 Å². The van der Waals surface area contributed by atoms with E-state index in [1.165, 1.54) is 6.92 Å². The van der Waals surface area contributed by atoms with E-state index in [1.54, 1.807) is 0 Å². The summed E-state index contributed by atoms with van der Waals surface area (Å²) in [6.07, 6.45) is 8.11. The first kappa shape index (κ1) is 17.8. The van der Waals surface area contributed by atoms with Crippen LogP contribution in [0.4, 0.5) is 0 Å². The Labute approximate surface area is 116 Å². The van der Waals surface area contributed by atoms with E-state index in [0.29, 0.717) is 25.0 Å². The zero-order valence-electron chi connectivity index (χ0n) is 12.3. The van der Waals surface area contributed by atoms with Gasteiger partial charge in [-0.05, 0) is 19.8 Å². The lowest BCUT2D eigenvalue weighted by atomic mass is 10.1. The van der Waals surface area contributed by atoms with Crippen molar-refractivity contribution in [1.29, 1.82) is 0 Å². The summed E-state index contributed by atoms with van der Waals surface area (Å²) in [6.45, 7) is 3.51. The smallest absolute Gasteiger partial charge is 0.220 e. The predicted octanol–water partition coefficient (Wildman–Crippen LogP) is 2.79. The van der Waals surface area contributed by atoms with Gasteiger partial charge < -0.3 is 5.32 Å². The van der Waals surface area contributed by atoms with Crippen LogP contribution in [-0.2, 0) is 14.4 Å². The van der Waals surface area contributed by atoms with E-state index < -0.39 is 0 Å². The number of nitrogens with one attached hydrogen (secondary N) is 1. The first-order valence-electron chi connectivity index (χ1n) is 7.34. The molecule has 4 nitrogen and oxygen atoms in total. The molecule has 0 spiro atoms. The number of ketones is 2. The molecule has 0 aliphatic heterocycles. The van der Waals surface area contributed by atoms with Crippen molar-refractivity contribution < 1.29 is 14.4 Å². The van der Waals surface area contributed by atoms with Gasteiger partial charge in [-0.3, -0.25) is 14.4 Å². The molecule has 4 heteroatoms. The standard InChI is InChI=1S/C15H27NO3/c1-3-14(18)10-8-6-4-5-7-9-11-15(19)16-12-13(2)17/h3-12H2,1-2H3,(H,16,19). The molecule has 1 N–H and O–H groups in total. The maximum absolute atomic E-state index is 11.3. The summed E-state index contributed by atoms with van der Waals surface area (Å²) in [5, 5.41) is 2.59. The fourth-order valence-electron chi connectivity index (χ4n) is 1.80. The molecule has 0 heterocycles.